The summed E-state index contributed by atoms with van der Waals surface area (Å²) in [5, 5.41) is 11.2. The molecule has 0 unspecified atom stereocenters. The van der Waals surface area contributed by atoms with Crippen LogP contribution in [0, 0.1) is 40.4 Å². The number of aliphatic hydroxyl groups is 1. The molecular formula is C28H47NO4. The van der Waals surface area contributed by atoms with E-state index in [1.807, 2.05) is 0 Å². The molecule has 0 bridgehead atoms. The molecule has 10 atom stereocenters. The van der Waals surface area contributed by atoms with Crippen LogP contribution in [0.25, 0.3) is 0 Å². The summed E-state index contributed by atoms with van der Waals surface area (Å²) in [5.74, 6) is 3.28. The average molecular weight is 462 g/mol. The Bertz CT molecular complexity index is 739. The fourth-order valence-electron chi connectivity index (χ4n) is 10.4. The van der Waals surface area contributed by atoms with E-state index in [2.05, 4.69) is 32.6 Å². The molecule has 188 valence electrons. The fraction of sp³-hybridized carbons (Fsp3) is 1.00. The molecule has 0 aromatic rings. The molecular weight excluding hydrogens is 414 g/mol. The molecule has 0 spiro atoms. The highest BCUT2D eigenvalue weighted by atomic mass is 16.7. The third kappa shape index (κ3) is 3.50. The van der Waals surface area contributed by atoms with Crippen LogP contribution in [-0.4, -0.2) is 67.0 Å². The Labute approximate surface area is 200 Å². The summed E-state index contributed by atoms with van der Waals surface area (Å²) in [6, 6.07) is 0.306. The second-order valence-electron chi connectivity index (χ2n) is 13.3. The molecule has 2 aliphatic heterocycles. The first kappa shape index (κ1) is 23.2. The first-order valence-corrected chi connectivity index (χ1v) is 14.1. The molecule has 5 heteroatoms. The normalized spacial score (nSPS) is 54.5. The molecule has 4 aliphatic carbocycles. The lowest BCUT2D eigenvalue weighted by molar-refractivity contribution is -0.220. The number of hydrogen-bond acceptors (Lipinski definition) is 5. The molecule has 2 saturated heterocycles. The first-order valence-electron chi connectivity index (χ1n) is 14.1. The standard InChI is InChI=1S/C28H47NO4/c1-18-17-29(11-12-31-18)23-16-27(3)19(15-24(23)30)5-6-20-21-7-8-25(28(4)32-13-14-33-28)26(21,2)10-9-22(20)27/h18-25,30H,5-17H2,1-4H3/t18-,19+,20+,21+,22+,23+,24+,25+,26+,27+/m1/s1. The first-order chi connectivity index (χ1) is 15.7. The molecule has 5 nitrogen and oxygen atoms in total. The Kier molecular flexibility index (Phi) is 5.74. The summed E-state index contributed by atoms with van der Waals surface area (Å²) in [6.45, 7) is 13.9. The maximum atomic E-state index is 11.2. The lowest BCUT2D eigenvalue weighted by atomic mass is 9.44. The van der Waals surface area contributed by atoms with Gasteiger partial charge in [0.25, 0.3) is 0 Å². The highest BCUT2D eigenvalue weighted by molar-refractivity contribution is 5.12. The van der Waals surface area contributed by atoms with E-state index in [1.165, 1.54) is 44.9 Å². The minimum Gasteiger partial charge on any atom is -0.391 e. The lowest BCUT2D eigenvalue weighted by Gasteiger charge is -2.63. The summed E-state index contributed by atoms with van der Waals surface area (Å²) in [6.07, 6.45) is 10.2. The Balaban J connectivity index is 1.24. The van der Waals surface area contributed by atoms with Gasteiger partial charge in [0.2, 0.25) is 0 Å². The summed E-state index contributed by atoms with van der Waals surface area (Å²) >= 11 is 0. The van der Waals surface area contributed by atoms with Crippen LogP contribution in [0.2, 0.25) is 0 Å². The molecule has 33 heavy (non-hydrogen) atoms. The number of nitrogens with zero attached hydrogens (tertiary/aromatic N) is 1. The van der Waals surface area contributed by atoms with Crippen molar-refractivity contribution in [3.8, 4) is 0 Å². The summed E-state index contributed by atoms with van der Waals surface area (Å²) in [7, 11) is 0. The predicted molar refractivity (Wildman–Crippen MR) is 128 cm³/mol. The van der Waals surface area contributed by atoms with Gasteiger partial charge in [0.05, 0.1) is 32.0 Å². The molecule has 6 rings (SSSR count). The highest BCUT2D eigenvalue weighted by Crippen LogP contribution is 2.69. The minimum absolute atomic E-state index is 0.175. The van der Waals surface area contributed by atoms with Gasteiger partial charge in [-0.15, -0.1) is 0 Å². The predicted octanol–water partition coefficient (Wildman–Crippen LogP) is 4.47. The topological polar surface area (TPSA) is 51.2 Å². The molecule has 2 heterocycles. The van der Waals surface area contributed by atoms with E-state index >= 15 is 0 Å². The lowest BCUT2D eigenvalue weighted by Crippen LogP contribution is -2.61. The van der Waals surface area contributed by atoms with Crippen molar-refractivity contribution in [2.24, 2.45) is 40.4 Å². The van der Waals surface area contributed by atoms with Crippen LogP contribution in [0.15, 0.2) is 0 Å². The minimum atomic E-state index is -0.371. The maximum absolute atomic E-state index is 11.2. The van der Waals surface area contributed by atoms with E-state index in [4.69, 9.17) is 14.2 Å². The zero-order valence-electron chi connectivity index (χ0n) is 21.4. The van der Waals surface area contributed by atoms with E-state index in [-0.39, 0.29) is 18.0 Å². The number of rotatable bonds is 2. The van der Waals surface area contributed by atoms with Gasteiger partial charge in [-0.25, -0.2) is 0 Å². The van der Waals surface area contributed by atoms with Gasteiger partial charge in [0.15, 0.2) is 5.79 Å². The SMILES string of the molecule is C[C@@H]1CN([C@H]2C[C@@]3(C)[C@@H](CC[C@@H]4[C@@H]3CC[C@]3(C)[C@@H](C5(C)OCCO5)CC[C@@H]43)C[C@@H]2O)CCO1. The smallest absolute Gasteiger partial charge is 0.169 e. The number of fused-ring (bicyclic) bond motifs is 5. The largest absolute Gasteiger partial charge is 0.391 e. The van der Waals surface area contributed by atoms with Gasteiger partial charge in [0, 0.05) is 25.0 Å². The molecule has 0 aromatic heterocycles. The van der Waals surface area contributed by atoms with Crippen molar-refractivity contribution in [2.75, 3.05) is 32.9 Å². The summed E-state index contributed by atoms with van der Waals surface area (Å²) in [5.41, 5.74) is 0.703. The van der Waals surface area contributed by atoms with E-state index in [9.17, 15) is 5.11 Å². The van der Waals surface area contributed by atoms with Crippen molar-refractivity contribution in [3.05, 3.63) is 0 Å². The third-order valence-electron chi connectivity index (χ3n) is 11.9. The Morgan fingerprint density at radius 2 is 1.64 bits per heavy atom. The van der Waals surface area contributed by atoms with Crippen LogP contribution in [0.3, 0.4) is 0 Å². The highest BCUT2D eigenvalue weighted by Gasteiger charge is 2.64. The van der Waals surface area contributed by atoms with E-state index in [0.29, 0.717) is 28.7 Å². The summed E-state index contributed by atoms with van der Waals surface area (Å²) < 4.78 is 18.3. The second kappa shape index (κ2) is 8.16. The number of hydrogen-bond donors (Lipinski definition) is 1. The zero-order chi connectivity index (χ0) is 23.0. The quantitative estimate of drug-likeness (QED) is 0.658. The van der Waals surface area contributed by atoms with Crippen molar-refractivity contribution < 1.29 is 19.3 Å². The molecule has 0 amide bonds. The molecule has 0 aromatic carbocycles. The molecule has 1 N–H and O–H groups in total. The van der Waals surface area contributed by atoms with Crippen LogP contribution in [0.5, 0.6) is 0 Å². The fourth-order valence-corrected chi connectivity index (χ4v) is 10.4. The van der Waals surface area contributed by atoms with Crippen LogP contribution in [0.1, 0.15) is 79.1 Å². The van der Waals surface area contributed by atoms with Crippen molar-refractivity contribution in [1.29, 1.82) is 0 Å². The molecule has 0 radical (unpaired) electrons. The molecule has 6 fully saturated rings. The van der Waals surface area contributed by atoms with Gasteiger partial charge in [0.1, 0.15) is 0 Å². The number of ether oxygens (including phenoxy) is 3. The van der Waals surface area contributed by atoms with Crippen LogP contribution in [0.4, 0.5) is 0 Å². The van der Waals surface area contributed by atoms with Crippen molar-refractivity contribution >= 4 is 0 Å². The van der Waals surface area contributed by atoms with Gasteiger partial charge in [-0.3, -0.25) is 4.90 Å². The van der Waals surface area contributed by atoms with Crippen molar-refractivity contribution in [1.82, 2.24) is 4.90 Å². The van der Waals surface area contributed by atoms with E-state index < -0.39 is 0 Å². The van der Waals surface area contributed by atoms with Crippen molar-refractivity contribution in [3.63, 3.8) is 0 Å². The number of aliphatic hydroxyl groups excluding tert-OH is 1. The second-order valence-corrected chi connectivity index (χ2v) is 13.3. The van der Waals surface area contributed by atoms with E-state index in [1.54, 1.807) is 0 Å². The average Bonchev–Trinajstić information content (AvgIpc) is 3.37. The molecule has 6 aliphatic rings. The van der Waals surface area contributed by atoms with Gasteiger partial charge in [-0.1, -0.05) is 13.8 Å². The Hall–Kier alpha value is -0.200. The van der Waals surface area contributed by atoms with Crippen molar-refractivity contribution in [2.45, 2.75) is 103 Å². The monoisotopic (exact) mass is 461 g/mol. The van der Waals surface area contributed by atoms with Crippen LogP contribution < -0.4 is 0 Å². The van der Waals surface area contributed by atoms with Gasteiger partial charge < -0.3 is 19.3 Å². The van der Waals surface area contributed by atoms with Crippen LogP contribution >= 0.6 is 0 Å². The van der Waals surface area contributed by atoms with Crippen LogP contribution in [-0.2, 0) is 14.2 Å². The summed E-state index contributed by atoms with van der Waals surface area (Å²) in [4.78, 5) is 2.57. The Morgan fingerprint density at radius 1 is 0.879 bits per heavy atom. The zero-order valence-corrected chi connectivity index (χ0v) is 21.4. The van der Waals surface area contributed by atoms with E-state index in [0.717, 1.165) is 57.1 Å². The third-order valence-corrected chi connectivity index (χ3v) is 11.9. The Morgan fingerprint density at radius 3 is 2.39 bits per heavy atom. The maximum Gasteiger partial charge on any atom is 0.169 e. The van der Waals surface area contributed by atoms with Gasteiger partial charge >= 0.3 is 0 Å². The van der Waals surface area contributed by atoms with Gasteiger partial charge in [-0.2, -0.15) is 0 Å². The molecule has 4 saturated carbocycles. The van der Waals surface area contributed by atoms with Gasteiger partial charge in [-0.05, 0) is 99.7 Å². The number of morpholine rings is 1.